The van der Waals surface area contributed by atoms with Gasteiger partial charge >= 0.3 is 5.97 Å². The molecule has 0 aromatic rings. The van der Waals surface area contributed by atoms with Crippen LogP contribution in [0.25, 0.3) is 0 Å². The van der Waals surface area contributed by atoms with E-state index in [1.54, 1.807) is 11.8 Å². The maximum absolute atomic E-state index is 11.4. The second-order valence-electron chi connectivity index (χ2n) is 3.53. The minimum absolute atomic E-state index is 0.260. The molecule has 4 nitrogen and oxygen atoms in total. The fourth-order valence-corrected chi connectivity index (χ4v) is 1.66. The first-order valence-electron chi connectivity index (χ1n) is 5.70. The van der Waals surface area contributed by atoms with Gasteiger partial charge in [-0.05, 0) is 24.9 Å². The molecule has 5 heteroatoms. The molecular formula is C11H23NO3S. The fourth-order valence-electron chi connectivity index (χ4n) is 1.19. The molecule has 0 aliphatic rings. The maximum atomic E-state index is 11.4. The lowest BCUT2D eigenvalue weighted by Gasteiger charge is -2.15. The summed E-state index contributed by atoms with van der Waals surface area (Å²) in [4.78, 5) is 16.6. The third-order valence-electron chi connectivity index (χ3n) is 2.17. The molecule has 0 saturated heterocycles. The summed E-state index contributed by atoms with van der Waals surface area (Å²) in [5.41, 5.74) is 2.78. The van der Waals surface area contributed by atoms with Gasteiger partial charge in [-0.2, -0.15) is 17.2 Å². The Hall–Kier alpha value is -0.260. The first kappa shape index (κ1) is 15.7. The molecule has 0 spiro atoms. The number of carbonyl (C=O) groups excluding carboxylic acids is 1. The number of esters is 1. The van der Waals surface area contributed by atoms with Crippen LogP contribution in [0.4, 0.5) is 0 Å². The second kappa shape index (κ2) is 11.2. The minimum atomic E-state index is -0.348. The van der Waals surface area contributed by atoms with Gasteiger partial charge in [0.15, 0.2) is 0 Å². The number of hydrogen-bond donors (Lipinski definition) is 1. The molecule has 0 aliphatic carbocycles. The van der Waals surface area contributed by atoms with E-state index in [1.807, 2.05) is 6.26 Å². The molecule has 16 heavy (non-hydrogen) atoms. The molecule has 96 valence electrons. The Morgan fingerprint density at radius 1 is 1.44 bits per heavy atom. The van der Waals surface area contributed by atoms with Crippen LogP contribution in [-0.4, -0.2) is 37.7 Å². The highest BCUT2D eigenvalue weighted by atomic mass is 32.2. The van der Waals surface area contributed by atoms with Gasteiger partial charge in [-0.15, -0.1) is 0 Å². The van der Waals surface area contributed by atoms with Crippen molar-refractivity contribution in [2.75, 3.05) is 25.7 Å². The monoisotopic (exact) mass is 249 g/mol. The normalized spacial score (nSPS) is 12.4. The molecular weight excluding hydrogens is 226 g/mol. The quantitative estimate of drug-likeness (QED) is 0.364. The molecule has 0 aromatic carbocycles. The van der Waals surface area contributed by atoms with Gasteiger partial charge in [0.1, 0.15) is 6.04 Å². The van der Waals surface area contributed by atoms with Gasteiger partial charge in [-0.25, -0.2) is 0 Å². The summed E-state index contributed by atoms with van der Waals surface area (Å²) in [5, 5.41) is 0. The van der Waals surface area contributed by atoms with Crippen molar-refractivity contribution in [3.05, 3.63) is 0 Å². The fraction of sp³-hybridized carbons (Fsp3) is 0.909. The van der Waals surface area contributed by atoms with Crippen LogP contribution >= 0.6 is 11.8 Å². The van der Waals surface area contributed by atoms with Crippen molar-refractivity contribution in [2.45, 2.75) is 38.6 Å². The van der Waals surface area contributed by atoms with E-state index in [1.165, 1.54) is 7.11 Å². The van der Waals surface area contributed by atoms with Crippen molar-refractivity contribution >= 4 is 17.7 Å². The van der Waals surface area contributed by atoms with Crippen LogP contribution in [0.3, 0.4) is 0 Å². The zero-order valence-electron chi connectivity index (χ0n) is 10.5. The Balaban J connectivity index is 3.69. The largest absolute Gasteiger partial charge is 0.468 e. The van der Waals surface area contributed by atoms with E-state index in [-0.39, 0.29) is 12.0 Å². The Kier molecular flexibility index (Phi) is 11.0. The van der Waals surface area contributed by atoms with E-state index in [0.717, 1.165) is 31.4 Å². The average molecular weight is 249 g/mol. The molecule has 0 unspecified atom stereocenters. The zero-order chi connectivity index (χ0) is 12.2. The number of unbranched alkanes of at least 4 members (excludes halogenated alkanes) is 2. The van der Waals surface area contributed by atoms with Gasteiger partial charge in [-0.1, -0.05) is 19.8 Å². The molecule has 0 amide bonds. The molecule has 0 aromatic heterocycles. The van der Waals surface area contributed by atoms with Crippen molar-refractivity contribution in [3.63, 3.8) is 0 Å². The van der Waals surface area contributed by atoms with E-state index in [2.05, 4.69) is 12.4 Å². The van der Waals surface area contributed by atoms with E-state index in [9.17, 15) is 4.79 Å². The molecule has 0 saturated carbocycles. The molecule has 1 N–H and O–H groups in total. The van der Waals surface area contributed by atoms with E-state index in [4.69, 9.17) is 9.57 Å². The van der Waals surface area contributed by atoms with Crippen molar-refractivity contribution in [2.24, 2.45) is 0 Å². The van der Waals surface area contributed by atoms with Crippen LogP contribution in [0.2, 0.25) is 0 Å². The van der Waals surface area contributed by atoms with Crippen LogP contribution in [0, 0.1) is 0 Å². The third-order valence-corrected chi connectivity index (χ3v) is 2.82. The van der Waals surface area contributed by atoms with Gasteiger partial charge in [0.05, 0.1) is 13.7 Å². The summed E-state index contributed by atoms with van der Waals surface area (Å²) >= 11 is 1.70. The Morgan fingerprint density at radius 2 is 2.19 bits per heavy atom. The van der Waals surface area contributed by atoms with Crippen molar-refractivity contribution in [1.29, 1.82) is 0 Å². The van der Waals surface area contributed by atoms with E-state index < -0.39 is 0 Å². The third kappa shape index (κ3) is 7.96. The lowest BCUT2D eigenvalue weighted by Crippen LogP contribution is -2.38. The number of hydroxylamine groups is 1. The van der Waals surface area contributed by atoms with Crippen LogP contribution in [0.5, 0.6) is 0 Å². The predicted molar refractivity (Wildman–Crippen MR) is 67.4 cm³/mol. The topological polar surface area (TPSA) is 47.6 Å². The van der Waals surface area contributed by atoms with E-state index in [0.29, 0.717) is 6.61 Å². The highest BCUT2D eigenvalue weighted by Crippen LogP contribution is 2.03. The molecule has 0 aliphatic heterocycles. The zero-order valence-corrected chi connectivity index (χ0v) is 11.3. The summed E-state index contributed by atoms with van der Waals surface area (Å²) < 4.78 is 4.70. The number of hydrogen-bond acceptors (Lipinski definition) is 5. The lowest BCUT2D eigenvalue weighted by atomic mass is 10.2. The number of rotatable bonds is 10. The number of ether oxygens (including phenoxy) is 1. The lowest BCUT2D eigenvalue weighted by molar-refractivity contribution is -0.147. The van der Waals surface area contributed by atoms with Gasteiger partial charge in [0.25, 0.3) is 0 Å². The highest BCUT2D eigenvalue weighted by molar-refractivity contribution is 7.98. The number of methoxy groups -OCH3 is 1. The van der Waals surface area contributed by atoms with Crippen molar-refractivity contribution < 1.29 is 14.4 Å². The SMILES string of the molecule is CCCCCON[C@@H](CCSC)C(=O)OC. The summed E-state index contributed by atoms with van der Waals surface area (Å²) in [6, 6.07) is -0.348. The summed E-state index contributed by atoms with van der Waals surface area (Å²) in [6.45, 7) is 2.78. The first-order valence-corrected chi connectivity index (χ1v) is 7.09. The van der Waals surface area contributed by atoms with Gasteiger partial charge < -0.3 is 9.57 Å². The smallest absolute Gasteiger partial charge is 0.325 e. The Bertz CT molecular complexity index is 179. The number of carbonyl (C=O) groups is 1. The van der Waals surface area contributed by atoms with Crippen LogP contribution in [0.1, 0.15) is 32.6 Å². The summed E-state index contributed by atoms with van der Waals surface area (Å²) in [5.74, 6) is 0.648. The van der Waals surface area contributed by atoms with Crippen LogP contribution < -0.4 is 5.48 Å². The summed E-state index contributed by atoms with van der Waals surface area (Å²) in [7, 11) is 1.40. The maximum Gasteiger partial charge on any atom is 0.325 e. The highest BCUT2D eigenvalue weighted by Gasteiger charge is 2.18. The minimum Gasteiger partial charge on any atom is -0.468 e. The molecule has 0 radical (unpaired) electrons. The molecule has 0 fully saturated rings. The Labute approximate surface area is 102 Å². The van der Waals surface area contributed by atoms with E-state index >= 15 is 0 Å². The standard InChI is InChI=1S/C11H23NO3S/c1-4-5-6-8-15-12-10(7-9-16-3)11(13)14-2/h10,12H,4-9H2,1-3H3/t10-/m0/s1. The molecule has 0 heterocycles. The average Bonchev–Trinajstić information content (AvgIpc) is 2.31. The van der Waals surface area contributed by atoms with Gasteiger partial charge in [0, 0.05) is 0 Å². The number of nitrogens with one attached hydrogen (secondary N) is 1. The second-order valence-corrected chi connectivity index (χ2v) is 4.52. The van der Waals surface area contributed by atoms with Crippen LogP contribution in [0.15, 0.2) is 0 Å². The Morgan fingerprint density at radius 3 is 2.75 bits per heavy atom. The predicted octanol–water partition coefficient (Wildman–Crippen LogP) is 1.99. The number of thioether (sulfide) groups is 1. The molecule has 1 atom stereocenters. The first-order chi connectivity index (χ1) is 7.76. The molecule has 0 bridgehead atoms. The van der Waals surface area contributed by atoms with Crippen molar-refractivity contribution in [3.8, 4) is 0 Å². The molecule has 0 rings (SSSR count). The summed E-state index contributed by atoms with van der Waals surface area (Å²) in [6.07, 6.45) is 6.06. The van der Waals surface area contributed by atoms with Gasteiger partial charge in [0.2, 0.25) is 0 Å². The van der Waals surface area contributed by atoms with Gasteiger partial charge in [-0.3, -0.25) is 4.79 Å². The van der Waals surface area contributed by atoms with Crippen LogP contribution in [-0.2, 0) is 14.4 Å². The van der Waals surface area contributed by atoms with Crippen molar-refractivity contribution in [1.82, 2.24) is 5.48 Å².